The summed E-state index contributed by atoms with van der Waals surface area (Å²) in [5, 5.41) is 0. The molecule has 0 aliphatic heterocycles. The van der Waals surface area contributed by atoms with E-state index in [-0.39, 0.29) is 5.92 Å². The van der Waals surface area contributed by atoms with Gasteiger partial charge < -0.3 is 0 Å². The van der Waals surface area contributed by atoms with Gasteiger partial charge in [-0.25, -0.2) is 4.39 Å². The van der Waals surface area contributed by atoms with Crippen LogP contribution < -0.4 is 0 Å². The molecule has 0 nitrogen and oxygen atoms in total. The minimum absolute atomic E-state index is 0.202. The molecule has 70 valence electrons. The number of alkyl halides is 3. The van der Waals surface area contributed by atoms with Gasteiger partial charge in [0.1, 0.15) is 0 Å². The Morgan fingerprint density at radius 3 is 2.08 bits per heavy atom. The number of hydrogen-bond donors (Lipinski definition) is 0. The van der Waals surface area contributed by atoms with Crippen molar-refractivity contribution < 1.29 is 17.6 Å². The molecule has 0 bridgehead atoms. The molecular weight excluding hydrogens is 172 g/mol. The maximum atomic E-state index is 12.3. The first-order valence-corrected chi connectivity index (χ1v) is 3.94. The van der Waals surface area contributed by atoms with Crippen LogP contribution in [0, 0.1) is 5.92 Å². The third-order valence-corrected chi connectivity index (χ3v) is 2.05. The van der Waals surface area contributed by atoms with Gasteiger partial charge in [-0.2, -0.15) is 13.2 Å². The summed E-state index contributed by atoms with van der Waals surface area (Å²) in [5.74, 6) is -2.14. The van der Waals surface area contributed by atoms with Crippen LogP contribution in [-0.4, -0.2) is 6.18 Å². The van der Waals surface area contributed by atoms with Crippen LogP contribution in [0.1, 0.15) is 25.7 Å². The molecule has 1 aliphatic rings. The van der Waals surface area contributed by atoms with E-state index in [1.54, 1.807) is 0 Å². The summed E-state index contributed by atoms with van der Waals surface area (Å²) in [6, 6.07) is 0. The zero-order valence-corrected chi connectivity index (χ0v) is 6.49. The Morgan fingerprint density at radius 1 is 1.17 bits per heavy atom. The molecule has 0 aromatic heterocycles. The number of halogens is 4. The zero-order valence-electron chi connectivity index (χ0n) is 6.49. The lowest BCUT2D eigenvalue weighted by atomic mass is 10.1. The maximum Gasteiger partial charge on any atom is 0.442 e. The molecule has 0 heterocycles. The van der Waals surface area contributed by atoms with E-state index in [2.05, 4.69) is 0 Å². The fourth-order valence-electron chi connectivity index (χ4n) is 1.43. The molecular formula is C8H10F4. The molecule has 0 unspecified atom stereocenters. The highest BCUT2D eigenvalue weighted by Crippen LogP contribution is 2.32. The largest absolute Gasteiger partial charge is 0.442 e. The van der Waals surface area contributed by atoms with E-state index in [1.165, 1.54) is 0 Å². The first-order chi connectivity index (χ1) is 5.50. The minimum Gasteiger partial charge on any atom is -0.202 e. The summed E-state index contributed by atoms with van der Waals surface area (Å²) in [7, 11) is 0. The van der Waals surface area contributed by atoms with Gasteiger partial charge in [-0.1, -0.05) is 12.8 Å². The highest BCUT2D eigenvalue weighted by molar-refractivity contribution is 5.02. The lowest BCUT2D eigenvalue weighted by Gasteiger charge is -2.05. The summed E-state index contributed by atoms with van der Waals surface area (Å²) in [6.07, 6.45) is -0.888. The number of hydrogen-bond acceptors (Lipinski definition) is 0. The van der Waals surface area contributed by atoms with Crippen LogP contribution in [0.5, 0.6) is 0 Å². The third-order valence-electron chi connectivity index (χ3n) is 2.05. The van der Waals surface area contributed by atoms with Crippen LogP contribution in [0.2, 0.25) is 0 Å². The maximum absolute atomic E-state index is 12.3. The lowest BCUT2D eigenvalue weighted by Crippen LogP contribution is -2.09. The van der Waals surface area contributed by atoms with Gasteiger partial charge in [0.25, 0.3) is 0 Å². The normalized spacial score (nSPS) is 21.8. The summed E-state index contributed by atoms with van der Waals surface area (Å²) in [5.41, 5.74) is 0. The SMILES string of the molecule is F/C(=C\C1CCCC1)C(F)(F)F. The van der Waals surface area contributed by atoms with Gasteiger partial charge >= 0.3 is 6.18 Å². The monoisotopic (exact) mass is 182 g/mol. The Balaban J connectivity index is 2.55. The van der Waals surface area contributed by atoms with Gasteiger partial charge in [-0.15, -0.1) is 0 Å². The van der Waals surface area contributed by atoms with E-state index in [4.69, 9.17) is 0 Å². The second-order valence-electron chi connectivity index (χ2n) is 3.06. The van der Waals surface area contributed by atoms with Crippen LogP contribution in [0.25, 0.3) is 0 Å². The fourth-order valence-corrected chi connectivity index (χ4v) is 1.43. The van der Waals surface area contributed by atoms with Crippen molar-refractivity contribution in [3.8, 4) is 0 Å². The van der Waals surface area contributed by atoms with E-state index in [1.807, 2.05) is 0 Å². The van der Waals surface area contributed by atoms with Crippen LogP contribution in [0.4, 0.5) is 17.6 Å². The van der Waals surface area contributed by atoms with Gasteiger partial charge in [-0.3, -0.25) is 0 Å². The zero-order chi connectivity index (χ0) is 9.19. The van der Waals surface area contributed by atoms with E-state index < -0.39 is 12.0 Å². The van der Waals surface area contributed by atoms with Crippen LogP contribution >= 0.6 is 0 Å². The van der Waals surface area contributed by atoms with Gasteiger partial charge in [0, 0.05) is 0 Å². The van der Waals surface area contributed by atoms with Crippen molar-refractivity contribution in [2.24, 2.45) is 5.92 Å². The smallest absolute Gasteiger partial charge is 0.202 e. The predicted octanol–water partition coefficient (Wildman–Crippen LogP) is 3.59. The van der Waals surface area contributed by atoms with Crippen molar-refractivity contribution in [3.63, 3.8) is 0 Å². The summed E-state index contributed by atoms with van der Waals surface area (Å²) in [4.78, 5) is 0. The Morgan fingerprint density at radius 2 is 1.67 bits per heavy atom. The summed E-state index contributed by atoms with van der Waals surface area (Å²) >= 11 is 0. The molecule has 12 heavy (non-hydrogen) atoms. The molecule has 0 N–H and O–H groups in total. The highest BCUT2D eigenvalue weighted by atomic mass is 19.4. The molecule has 0 atom stereocenters. The molecule has 1 aliphatic carbocycles. The third kappa shape index (κ3) is 2.50. The molecule has 0 radical (unpaired) electrons. The molecule has 0 aromatic carbocycles. The second kappa shape index (κ2) is 3.46. The van der Waals surface area contributed by atoms with Crippen molar-refractivity contribution in [1.29, 1.82) is 0 Å². The average molecular weight is 182 g/mol. The van der Waals surface area contributed by atoms with Gasteiger partial charge in [0.2, 0.25) is 0 Å². The van der Waals surface area contributed by atoms with E-state index in [9.17, 15) is 17.6 Å². The quantitative estimate of drug-likeness (QED) is 0.543. The predicted molar refractivity (Wildman–Crippen MR) is 37.2 cm³/mol. The van der Waals surface area contributed by atoms with E-state index in [0.29, 0.717) is 18.9 Å². The van der Waals surface area contributed by atoms with Gasteiger partial charge in [0.05, 0.1) is 0 Å². The highest BCUT2D eigenvalue weighted by Gasteiger charge is 2.35. The topological polar surface area (TPSA) is 0 Å². The number of rotatable bonds is 1. The Bertz CT molecular complexity index is 174. The molecule has 1 rings (SSSR count). The summed E-state index contributed by atoms with van der Waals surface area (Å²) in [6.45, 7) is 0. The lowest BCUT2D eigenvalue weighted by molar-refractivity contribution is -0.109. The van der Waals surface area contributed by atoms with Crippen molar-refractivity contribution in [2.45, 2.75) is 31.9 Å². The first kappa shape index (κ1) is 9.55. The second-order valence-corrected chi connectivity index (χ2v) is 3.06. The molecule has 4 heteroatoms. The van der Waals surface area contributed by atoms with Crippen molar-refractivity contribution in [2.75, 3.05) is 0 Å². The molecule has 0 aromatic rings. The fraction of sp³-hybridized carbons (Fsp3) is 0.750. The minimum atomic E-state index is -4.79. The molecule has 1 saturated carbocycles. The number of allylic oxidation sites excluding steroid dienone is 2. The molecule has 0 spiro atoms. The van der Waals surface area contributed by atoms with Crippen molar-refractivity contribution >= 4 is 0 Å². The van der Waals surface area contributed by atoms with Crippen LogP contribution in [0.15, 0.2) is 11.9 Å². The Labute approximate surface area is 68.3 Å². The standard InChI is InChI=1S/C8H10F4/c9-7(8(10,11)12)5-6-3-1-2-4-6/h5-6H,1-4H2/b7-5-. The molecule has 0 saturated heterocycles. The van der Waals surface area contributed by atoms with Crippen molar-refractivity contribution in [3.05, 3.63) is 11.9 Å². The van der Waals surface area contributed by atoms with Gasteiger partial charge in [0.15, 0.2) is 5.83 Å². The van der Waals surface area contributed by atoms with Crippen LogP contribution in [0.3, 0.4) is 0 Å². The average Bonchev–Trinajstić information content (AvgIpc) is 2.37. The van der Waals surface area contributed by atoms with Crippen molar-refractivity contribution in [1.82, 2.24) is 0 Å². The van der Waals surface area contributed by atoms with Crippen LogP contribution in [-0.2, 0) is 0 Å². The Kier molecular flexibility index (Phi) is 2.75. The molecule has 0 amide bonds. The van der Waals surface area contributed by atoms with Gasteiger partial charge in [-0.05, 0) is 24.8 Å². The Hall–Kier alpha value is -0.540. The summed E-state index contributed by atoms with van der Waals surface area (Å²) < 4.78 is 47.3. The first-order valence-electron chi connectivity index (χ1n) is 3.94. The van der Waals surface area contributed by atoms with E-state index >= 15 is 0 Å². The van der Waals surface area contributed by atoms with E-state index in [0.717, 1.165) is 12.8 Å². The molecule has 1 fully saturated rings.